The van der Waals surface area contributed by atoms with Crippen LogP contribution in [0, 0.1) is 0 Å². The highest BCUT2D eigenvalue weighted by Crippen LogP contribution is 2.11. The molecule has 52 valence electrons. The fraction of sp³-hybridized carbons (Fsp3) is 0.857. The minimum Gasteiger partial charge on any atom is -0.305 e. The van der Waals surface area contributed by atoms with E-state index < -0.39 is 0 Å². The topological polar surface area (TPSA) is 29.1 Å². The summed E-state index contributed by atoms with van der Waals surface area (Å²) in [7, 11) is 0. The number of carbonyl (C=O) groups is 1. The molecule has 0 saturated carbocycles. The first kappa shape index (κ1) is 6.75. The average Bonchev–Trinajstić information content (AvgIpc) is 2.14. The first-order valence-electron chi connectivity index (χ1n) is 3.46. The molecular formula is C7H13NO. The van der Waals surface area contributed by atoms with Gasteiger partial charge in [-0.25, -0.2) is 0 Å². The molecule has 0 spiro atoms. The summed E-state index contributed by atoms with van der Waals surface area (Å²) in [4.78, 5) is 10.7. The maximum Gasteiger partial charge on any atom is 0.146 e. The van der Waals surface area contributed by atoms with Crippen LogP contribution in [-0.2, 0) is 4.79 Å². The van der Waals surface area contributed by atoms with Gasteiger partial charge in [-0.05, 0) is 26.7 Å². The van der Waals surface area contributed by atoms with Crippen LogP contribution in [0.4, 0.5) is 0 Å². The van der Waals surface area contributed by atoms with E-state index in [0.717, 1.165) is 12.8 Å². The van der Waals surface area contributed by atoms with E-state index >= 15 is 0 Å². The number of carbonyl (C=O) groups excluding carboxylic acids is 1. The summed E-state index contributed by atoms with van der Waals surface area (Å²) in [5.41, 5.74) is 0. The first-order chi connectivity index (χ1) is 4.20. The Bertz CT molecular complexity index is 122. The van der Waals surface area contributed by atoms with Gasteiger partial charge < -0.3 is 5.32 Å². The Hall–Kier alpha value is -0.370. The standard InChI is InChI=1S/C7H13NO/c1-5-3-4-7(8-5)6(2)9/h5,7-8H,3-4H2,1-2H3/t5-,7-/m0/s1. The smallest absolute Gasteiger partial charge is 0.146 e. The Morgan fingerprint density at radius 1 is 1.56 bits per heavy atom. The van der Waals surface area contributed by atoms with E-state index in [1.807, 2.05) is 0 Å². The van der Waals surface area contributed by atoms with Gasteiger partial charge in [0.2, 0.25) is 0 Å². The Kier molecular flexibility index (Phi) is 1.86. The Labute approximate surface area is 55.6 Å². The van der Waals surface area contributed by atoms with E-state index in [4.69, 9.17) is 0 Å². The second-order valence-corrected chi connectivity index (χ2v) is 2.81. The predicted octanol–water partition coefficient (Wildman–Crippen LogP) is 0.716. The van der Waals surface area contributed by atoms with E-state index in [9.17, 15) is 4.79 Å². The highest BCUT2D eigenvalue weighted by molar-refractivity contribution is 5.81. The van der Waals surface area contributed by atoms with E-state index in [2.05, 4.69) is 12.2 Å². The van der Waals surface area contributed by atoms with Gasteiger partial charge in [-0.15, -0.1) is 0 Å². The maximum atomic E-state index is 10.7. The number of rotatable bonds is 1. The fourth-order valence-corrected chi connectivity index (χ4v) is 1.25. The van der Waals surface area contributed by atoms with Crippen molar-refractivity contribution in [2.24, 2.45) is 0 Å². The molecule has 1 rings (SSSR count). The van der Waals surface area contributed by atoms with Crippen LogP contribution in [-0.4, -0.2) is 17.9 Å². The molecule has 0 amide bonds. The van der Waals surface area contributed by atoms with Crippen LogP contribution in [0.25, 0.3) is 0 Å². The van der Waals surface area contributed by atoms with Crippen molar-refractivity contribution in [2.75, 3.05) is 0 Å². The molecule has 0 radical (unpaired) electrons. The van der Waals surface area contributed by atoms with Gasteiger partial charge in [-0.2, -0.15) is 0 Å². The summed E-state index contributed by atoms with van der Waals surface area (Å²) >= 11 is 0. The van der Waals surface area contributed by atoms with Crippen molar-refractivity contribution >= 4 is 5.78 Å². The lowest BCUT2D eigenvalue weighted by atomic mass is 10.1. The second kappa shape index (κ2) is 2.48. The van der Waals surface area contributed by atoms with E-state index in [1.54, 1.807) is 6.92 Å². The van der Waals surface area contributed by atoms with Gasteiger partial charge in [0.05, 0.1) is 6.04 Å². The molecule has 2 atom stereocenters. The number of nitrogens with one attached hydrogen (secondary N) is 1. The number of hydrogen-bond acceptors (Lipinski definition) is 2. The van der Waals surface area contributed by atoms with Crippen LogP contribution in [0.3, 0.4) is 0 Å². The molecular weight excluding hydrogens is 114 g/mol. The average molecular weight is 127 g/mol. The molecule has 9 heavy (non-hydrogen) atoms. The molecule has 1 fully saturated rings. The maximum absolute atomic E-state index is 10.7. The van der Waals surface area contributed by atoms with Gasteiger partial charge in [-0.1, -0.05) is 0 Å². The third kappa shape index (κ3) is 1.52. The summed E-state index contributed by atoms with van der Waals surface area (Å²) in [5, 5.41) is 3.20. The zero-order valence-electron chi connectivity index (χ0n) is 5.98. The largest absolute Gasteiger partial charge is 0.305 e. The monoisotopic (exact) mass is 127 g/mol. The minimum absolute atomic E-state index is 0.153. The quantitative estimate of drug-likeness (QED) is 0.562. The van der Waals surface area contributed by atoms with Gasteiger partial charge in [0, 0.05) is 6.04 Å². The predicted molar refractivity (Wildman–Crippen MR) is 36.3 cm³/mol. The van der Waals surface area contributed by atoms with Gasteiger partial charge in [0.1, 0.15) is 5.78 Å². The van der Waals surface area contributed by atoms with Crippen LogP contribution in [0.2, 0.25) is 0 Å². The first-order valence-corrected chi connectivity index (χ1v) is 3.46. The summed E-state index contributed by atoms with van der Waals surface area (Å²) < 4.78 is 0. The zero-order valence-corrected chi connectivity index (χ0v) is 5.98. The highest BCUT2D eigenvalue weighted by atomic mass is 16.1. The van der Waals surface area contributed by atoms with Crippen molar-refractivity contribution in [1.29, 1.82) is 0 Å². The number of hydrogen-bond donors (Lipinski definition) is 1. The van der Waals surface area contributed by atoms with Crippen molar-refractivity contribution < 1.29 is 4.79 Å². The molecule has 2 nitrogen and oxygen atoms in total. The molecule has 0 aromatic heterocycles. The van der Waals surface area contributed by atoms with Gasteiger partial charge in [-0.3, -0.25) is 4.79 Å². The van der Waals surface area contributed by atoms with Crippen LogP contribution in [0.1, 0.15) is 26.7 Å². The lowest BCUT2D eigenvalue weighted by Gasteiger charge is -2.05. The lowest BCUT2D eigenvalue weighted by molar-refractivity contribution is -0.118. The number of ketones is 1. The molecule has 1 aliphatic rings. The number of Topliss-reactive ketones (excluding diaryl/α,β-unsaturated/α-hetero) is 1. The Morgan fingerprint density at radius 3 is 2.44 bits per heavy atom. The molecule has 0 aromatic rings. The van der Waals surface area contributed by atoms with E-state index in [1.165, 1.54) is 0 Å². The van der Waals surface area contributed by atoms with Crippen LogP contribution in [0.15, 0.2) is 0 Å². The summed E-state index contributed by atoms with van der Waals surface area (Å²) in [6, 6.07) is 0.693. The molecule has 0 bridgehead atoms. The van der Waals surface area contributed by atoms with Gasteiger partial charge in [0.15, 0.2) is 0 Å². The summed E-state index contributed by atoms with van der Waals surface area (Å²) in [6.07, 6.45) is 2.17. The van der Waals surface area contributed by atoms with Crippen molar-refractivity contribution in [1.82, 2.24) is 5.32 Å². The minimum atomic E-state index is 0.153. The Morgan fingerprint density at radius 2 is 2.22 bits per heavy atom. The molecule has 1 aliphatic heterocycles. The fourth-order valence-electron chi connectivity index (χ4n) is 1.25. The Balaban J connectivity index is 2.39. The molecule has 1 heterocycles. The second-order valence-electron chi connectivity index (χ2n) is 2.81. The van der Waals surface area contributed by atoms with Crippen LogP contribution < -0.4 is 5.32 Å². The normalized spacial score (nSPS) is 34.9. The zero-order chi connectivity index (χ0) is 6.85. The molecule has 2 heteroatoms. The molecule has 0 unspecified atom stereocenters. The summed E-state index contributed by atoms with van der Waals surface area (Å²) in [6.45, 7) is 3.76. The van der Waals surface area contributed by atoms with Crippen molar-refractivity contribution in [3.05, 3.63) is 0 Å². The molecule has 1 N–H and O–H groups in total. The molecule has 0 aromatic carbocycles. The van der Waals surface area contributed by atoms with Crippen LogP contribution >= 0.6 is 0 Å². The van der Waals surface area contributed by atoms with E-state index in [0.29, 0.717) is 6.04 Å². The van der Waals surface area contributed by atoms with Gasteiger partial charge >= 0.3 is 0 Å². The SMILES string of the molecule is CC(=O)[C@@H]1CC[C@H](C)N1. The van der Waals surface area contributed by atoms with E-state index in [-0.39, 0.29) is 11.8 Å². The highest BCUT2D eigenvalue weighted by Gasteiger charge is 2.22. The third-order valence-electron chi connectivity index (χ3n) is 1.86. The summed E-state index contributed by atoms with van der Waals surface area (Å²) in [5.74, 6) is 0.277. The van der Waals surface area contributed by atoms with Gasteiger partial charge in [0.25, 0.3) is 0 Å². The van der Waals surface area contributed by atoms with Crippen LogP contribution in [0.5, 0.6) is 0 Å². The molecule has 1 saturated heterocycles. The lowest BCUT2D eigenvalue weighted by Crippen LogP contribution is -2.32. The van der Waals surface area contributed by atoms with Crippen molar-refractivity contribution in [3.63, 3.8) is 0 Å². The third-order valence-corrected chi connectivity index (χ3v) is 1.86. The van der Waals surface area contributed by atoms with Crippen molar-refractivity contribution in [2.45, 2.75) is 38.8 Å². The van der Waals surface area contributed by atoms with Crippen molar-refractivity contribution in [3.8, 4) is 0 Å². The molecule has 0 aliphatic carbocycles.